The third kappa shape index (κ3) is 2.01. The van der Waals surface area contributed by atoms with Crippen LogP contribution in [0.4, 0.5) is 0 Å². The molecule has 0 unspecified atom stereocenters. The summed E-state index contributed by atoms with van der Waals surface area (Å²) >= 11 is 0. The number of carbonyl (C=O) groups is 1. The van der Waals surface area contributed by atoms with E-state index in [1.54, 1.807) is 19.1 Å². The summed E-state index contributed by atoms with van der Waals surface area (Å²) in [6, 6.07) is 7.67. The summed E-state index contributed by atoms with van der Waals surface area (Å²) in [5.41, 5.74) is 0.130. The zero-order chi connectivity index (χ0) is 12.4. The molecule has 4 heteroatoms. The van der Waals surface area contributed by atoms with Crippen LogP contribution in [0.3, 0.4) is 0 Å². The first-order valence-electron chi connectivity index (χ1n) is 5.25. The minimum atomic E-state index is -0.556. The van der Waals surface area contributed by atoms with Crippen molar-refractivity contribution in [1.82, 2.24) is 0 Å². The highest BCUT2D eigenvalue weighted by atomic mass is 16.5. The van der Waals surface area contributed by atoms with Crippen LogP contribution >= 0.6 is 0 Å². The average molecular weight is 232 g/mol. The highest BCUT2D eigenvalue weighted by Crippen LogP contribution is 2.31. The lowest BCUT2D eigenvalue weighted by molar-refractivity contribution is 0.0523. The summed E-state index contributed by atoms with van der Waals surface area (Å²) in [7, 11) is 0. The maximum atomic E-state index is 11.5. The van der Waals surface area contributed by atoms with E-state index in [0.29, 0.717) is 10.8 Å². The van der Waals surface area contributed by atoms with Crippen molar-refractivity contribution < 1.29 is 19.7 Å². The summed E-state index contributed by atoms with van der Waals surface area (Å²) in [4.78, 5) is 11.5. The summed E-state index contributed by atoms with van der Waals surface area (Å²) < 4.78 is 4.83. The van der Waals surface area contributed by atoms with Crippen LogP contribution in [0.5, 0.6) is 11.5 Å². The highest BCUT2D eigenvalue weighted by molar-refractivity contribution is 6.01. The van der Waals surface area contributed by atoms with Crippen molar-refractivity contribution >= 4 is 16.7 Å². The molecular formula is C13H12O4. The molecule has 17 heavy (non-hydrogen) atoms. The van der Waals surface area contributed by atoms with Gasteiger partial charge in [0.2, 0.25) is 0 Å². The molecule has 0 aliphatic rings. The second kappa shape index (κ2) is 4.33. The Labute approximate surface area is 98.1 Å². The predicted octanol–water partition coefficient (Wildman–Crippen LogP) is 2.43. The Bertz CT molecular complexity index is 575. The van der Waals surface area contributed by atoms with Crippen molar-refractivity contribution in [3.8, 4) is 11.5 Å². The van der Waals surface area contributed by atoms with Crippen LogP contribution in [0, 0.1) is 0 Å². The Morgan fingerprint density at radius 1 is 1.24 bits per heavy atom. The van der Waals surface area contributed by atoms with Crippen LogP contribution in [-0.2, 0) is 4.74 Å². The number of esters is 1. The number of phenols is 2. The second-order valence-corrected chi connectivity index (χ2v) is 3.59. The average Bonchev–Trinajstić information content (AvgIpc) is 2.29. The van der Waals surface area contributed by atoms with Gasteiger partial charge in [-0.2, -0.15) is 0 Å². The SMILES string of the molecule is CCOC(=O)c1ccc2cc(O)ccc2c1O. The van der Waals surface area contributed by atoms with E-state index in [1.165, 1.54) is 18.2 Å². The number of benzene rings is 2. The fraction of sp³-hybridized carbons (Fsp3) is 0.154. The van der Waals surface area contributed by atoms with Crippen LogP contribution in [0.2, 0.25) is 0 Å². The lowest BCUT2D eigenvalue weighted by Gasteiger charge is -2.07. The molecule has 2 aromatic rings. The number of phenolic OH excluding ortho intramolecular Hbond substituents is 2. The molecule has 0 aromatic heterocycles. The molecule has 0 fully saturated rings. The van der Waals surface area contributed by atoms with Gasteiger partial charge in [0.05, 0.1) is 6.61 Å². The Morgan fingerprint density at radius 3 is 2.71 bits per heavy atom. The minimum absolute atomic E-state index is 0.112. The maximum Gasteiger partial charge on any atom is 0.341 e. The zero-order valence-electron chi connectivity index (χ0n) is 9.30. The van der Waals surface area contributed by atoms with Gasteiger partial charge in [-0.3, -0.25) is 0 Å². The number of hydrogen-bond donors (Lipinski definition) is 2. The fourth-order valence-electron chi connectivity index (χ4n) is 1.67. The van der Waals surface area contributed by atoms with E-state index in [2.05, 4.69) is 0 Å². The van der Waals surface area contributed by atoms with Crippen LogP contribution in [-0.4, -0.2) is 22.8 Å². The molecule has 0 saturated carbocycles. The first-order valence-corrected chi connectivity index (χ1v) is 5.25. The molecule has 0 spiro atoms. The van der Waals surface area contributed by atoms with Gasteiger partial charge >= 0.3 is 5.97 Å². The molecular weight excluding hydrogens is 220 g/mol. The minimum Gasteiger partial charge on any atom is -0.508 e. The van der Waals surface area contributed by atoms with Gasteiger partial charge in [0.15, 0.2) is 0 Å². The first kappa shape index (κ1) is 11.3. The summed E-state index contributed by atoms with van der Waals surface area (Å²) in [6.07, 6.45) is 0. The van der Waals surface area contributed by atoms with Gasteiger partial charge in [0, 0.05) is 5.39 Å². The molecule has 0 aliphatic carbocycles. The molecule has 0 amide bonds. The third-order valence-corrected chi connectivity index (χ3v) is 2.47. The number of hydrogen-bond acceptors (Lipinski definition) is 4. The summed E-state index contributed by atoms with van der Waals surface area (Å²) in [5, 5.41) is 20.4. The molecule has 0 bridgehead atoms. The van der Waals surface area contributed by atoms with Crippen molar-refractivity contribution in [2.75, 3.05) is 6.61 Å². The van der Waals surface area contributed by atoms with Gasteiger partial charge in [-0.05, 0) is 36.6 Å². The van der Waals surface area contributed by atoms with Gasteiger partial charge in [0.1, 0.15) is 17.1 Å². The summed E-state index contributed by atoms with van der Waals surface area (Å²) in [6.45, 7) is 1.96. The van der Waals surface area contributed by atoms with Crippen LogP contribution < -0.4 is 0 Å². The van der Waals surface area contributed by atoms with E-state index in [0.717, 1.165) is 0 Å². The molecule has 2 N–H and O–H groups in total. The largest absolute Gasteiger partial charge is 0.508 e. The highest BCUT2D eigenvalue weighted by Gasteiger charge is 2.14. The lowest BCUT2D eigenvalue weighted by atomic mass is 10.1. The quantitative estimate of drug-likeness (QED) is 0.780. The first-order chi connectivity index (χ1) is 8.13. The molecule has 4 nitrogen and oxygen atoms in total. The van der Waals surface area contributed by atoms with Gasteiger partial charge in [-0.1, -0.05) is 6.07 Å². The predicted molar refractivity (Wildman–Crippen MR) is 63.2 cm³/mol. The number of fused-ring (bicyclic) bond motifs is 1. The Kier molecular flexibility index (Phi) is 2.87. The van der Waals surface area contributed by atoms with Crippen molar-refractivity contribution in [2.45, 2.75) is 6.92 Å². The molecule has 88 valence electrons. The van der Waals surface area contributed by atoms with Crippen molar-refractivity contribution in [2.24, 2.45) is 0 Å². The molecule has 0 aliphatic heterocycles. The van der Waals surface area contributed by atoms with Crippen molar-refractivity contribution in [3.05, 3.63) is 35.9 Å². The van der Waals surface area contributed by atoms with Crippen LogP contribution in [0.25, 0.3) is 10.8 Å². The zero-order valence-corrected chi connectivity index (χ0v) is 9.30. The van der Waals surface area contributed by atoms with Gasteiger partial charge in [-0.25, -0.2) is 4.79 Å². The number of carbonyl (C=O) groups excluding carboxylic acids is 1. The molecule has 0 heterocycles. The Balaban J connectivity index is 2.58. The van der Waals surface area contributed by atoms with Gasteiger partial charge in [0.25, 0.3) is 0 Å². The molecule has 0 atom stereocenters. The standard InChI is InChI=1S/C13H12O4/c1-2-17-13(16)11-5-3-8-7-9(14)4-6-10(8)12(11)15/h3-7,14-15H,2H2,1H3. The van der Waals surface area contributed by atoms with Gasteiger partial charge < -0.3 is 14.9 Å². The number of rotatable bonds is 2. The molecule has 2 rings (SSSR count). The third-order valence-electron chi connectivity index (χ3n) is 2.47. The van der Waals surface area contributed by atoms with Gasteiger partial charge in [-0.15, -0.1) is 0 Å². The van der Waals surface area contributed by atoms with Crippen molar-refractivity contribution in [3.63, 3.8) is 0 Å². The number of aromatic hydroxyl groups is 2. The fourth-order valence-corrected chi connectivity index (χ4v) is 1.67. The van der Waals surface area contributed by atoms with E-state index in [4.69, 9.17) is 4.74 Å². The van der Waals surface area contributed by atoms with E-state index in [1.807, 2.05) is 0 Å². The molecule has 0 saturated heterocycles. The van der Waals surface area contributed by atoms with Crippen LogP contribution in [0.15, 0.2) is 30.3 Å². The van der Waals surface area contributed by atoms with E-state index >= 15 is 0 Å². The topological polar surface area (TPSA) is 66.8 Å². The molecule has 2 aromatic carbocycles. The Hall–Kier alpha value is -2.23. The number of ether oxygens (including phenoxy) is 1. The van der Waals surface area contributed by atoms with Crippen LogP contribution in [0.1, 0.15) is 17.3 Å². The maximum absolute atomic E-state index is 11.5. The Morgan fingerprint density at radius 2 is 2.00 bits per heavy atom. The smallest absolute Gasteiger partial charge is 0.341 e. The second-order valence-electron chi connectivity index (χ2n) is 3.59. The molecule has 0 radical (unpaired) electrons. The monoisotopic (exact) mass is 232 g/mol. The summed E-state index contributed by atoms with van der Waals surface area (Å²) in [5.74, 6) is -0.568. The normalized spacial score (nSPS) is 10.4. The van der Waals surface area contributed by atoms with E-state index in [-0.39, 0.29) is 23.7 Å². The van der Waals surface area contributed by atoms with E-state index in [9.17, 15) is 15.0 Å². The lowest BCUT2D eigenvalue weighted by Crippen LogP contribution is -2.04. The van der Waals surface area contributed by atoms with Crippen molar-refractivity contribution in [1.29, 1.82) is 0 Å². The van der Waals surface area contributed by atoms with E-state index < -0.39 is 5.97 Å².